The van der Waals surface area contributed by atoms with Crippen molar-refractivity contribution in [1.29, 1.82) is 0 Å². The molecule has 1 aromatic heterocycles. The Labute approximate surface area is 85.8 Å². The predicted octanol–water partition coefficient (Wildman–Crippen LogP) is 0.145. The van der Waals surface area contributed by atoms with E-state index in [1.165, 1.54) is 18.9 Å². The summed E-state index contributed by atoms with van der Waals surface area (Å²) in [6, 6.07) is 0. The molecule has 0 saturated carbocycles. The van der Waals surface area contributed by atoms with Crippen LogP contribution < -0.4 is 5.73 Å². The van der Waals surface area contributed by atoms with Crippen molar-refractivity contribution in [3.8, 4) is 0 Å². The van der Waals surface area contributed by atoms with Gasteiger partial charge in [0.05, 0.1) is 12.9 Å². The first kappa shape index (κ1) is 10.8. The fourth-order valence-electron chi connectivity index (χ4n) is 0.886. The Hall–Kier alpha value is -1.24. The van der Waals surface area contributed by atoms with Gasteiger partial charge in [-0.3, -0.25) is 9.36 Å². The molecule has 0 radical (unpaired) electrons. The number of aromatic nitrogens is 3. The molecule has 0 fully saturated rings. The lowest BCUT2D eigenvalue weighted by Crippen LogP contribution is -2.06. The minimum absolute atomic E-state index is 0.217. The molecule has 0 saturated heterocycles. The van der Waals surface area contributed by atoms with Crippen LogP contribution in [0.2, 0.25) is 0 Å². The van der Waals surface area contributed by atoms with E-state index in [2.05, 4.69) is 14.9 Å². The second-order valence-corrected chi connectivity index (χ2v) is 3.39. The lowest BCUT2D eigenvalue weighted by Gasteiger charge is -2.02. The lowest BCUT2D eigenvalue weighted by molar-refractivity contribution is -0.137. The number of hydrogen-bond acceptors (Lipinski definition) is 6. The van der Waals surface area contributed by atoms with Crippen molar-refractivity contribution in [1.82, 2.24) is 14.8 Å². The molecule has 0 unspecified atom stereocenters. The summed E-state index contributed by atoms with van der Waals surface area (Å²) in [6.45, 7) is 2.62. The van der Waals surface area contributed by atoms with Crippen LogP contribution in [0.1, 0.15) is 6.92 Å². The molecule has 0 atom stereocenters. The van der Waals surface area contributed by atoms with Gasteiger partial charge in [-0.1, -0.05) is 11.8 Å². The van der Waals surface area contributed by atoms with Crippen molar-refractivity contribution in [2.45, 2.75) is 18.6 Å². The maximum Gasteiger partial charge on any atom is 0.316 e. The predicted molar refractivity (Wildman–Crippen MR) is 52.8 cm³/mol. The van der Waals surface area contributed by atoms with E-state index in [-0.39, 0.29) is 11.7 Å². The minimum Gasteiger partial charge on any atom is -0.468 e. The van der Waals surface area contributed by atoms with E-state index in [1.807, 2.05) is 6.92 Å². The van der Waals surface area contributed by atoms with Gasteiger partial charge < -0.3 is 10.5 Å². The SMILES string of the molecule is CCn1c(N)nnc1SCC(=O)OC. The van der Waals surface area contributed by atoms with Gasteiger partial charge in [-0.25, -0.2) is 0 Å². The van der Waals surface area contributed by atoms with Crippen molar-refractivity contribution >= 4 is 23.7 Å². The Balaban J connectivity index is 2.62. The van der Waals surface area contributed by atoms with Gasteiger partial charge in [-0.15, -0.1) is 10.2 Å². The van der Waals surface area contributed by atoms with Gasteiger partial charge in [0.25, 0.3) is 0 Å². The molecule has 2 N–H and O–H groups in total. The highest BCUT2D eigenvalue weighted by Crippen LogP contribution is 2.17. The molecule has 7 heteroatoms. The first-order chi connectivity index (χ1) is 6.69. The molecule has 0 bridgehead atoms. The van der Waals surface area contributed by atoms with E-state index in [9.17, 15) is 4.79 Å². The monoisotopic (exact) mass is 216 g/mol. The normalized spacial score (nSPS) is 10.1. The Bertz CT molecular complexity index is 325. The number of nitrogens with zero attached hydrogens (tertiary/aromatic N) is 3. The van der Waals surface area contributed by atoms with Gasteiger partial charge in [0.15, 0.2) is 5.16 Å². The first-order valence-electron chi connectivity index (χ1n) is 4.07. The highest BCUT2D eigenvalue weighted by Gasteiger charge is 2.10. The van der Waals surface area contributed by atoms with Crippen LogP contribution in [0.25, 0.3) is 0 Å². The van der Waals surface area contributed by atoms with Crippen molar-refractivity contribution in [2.75, 3.05) is 18.6 Å². The Morgan fingerprint density at radius 2 is 2.36 bits per heavy atom. The van der Waals surface area contributed by atoms with E-state index in [4.69, 9.17) is 5.73 Å². The highest BCUT2D eigenvalue weighted by molar-refractivity contribution is 7.99. The van der Waals surface area contributed by atoms with E-state index >= 15 is 0 Å². The highest BCUT2D eigenvalue weighted by atomic mass is 32.2. The number of rotatable bonds is 4. The number of nitrogens with two attached hydrogens (primary N) is 1. The van der Waals surface area contributed by atoms with Crippen molar-refractivity contribution in [3.63, 3.8) is 0 Å². The Morgan fingerprint density at radius 3 is 2.93 bits per heavy atom. The number of thioether (sulfide) groups is 1. The Morgan fingerprint density at radius 1 is 1.64 bits per heavy atom. The summed E-state index contributed by atoms with van der Waals surface area (Å²) in [7, 11) is 1.35. The summed E-state index contributed by atoms with van der Waals surface area (Å²) >= 11 is 1.26. The van der Waals surface area contributed by atoms with Crippen LogP contribution in [0.5, 0.6) is 0 Å². The van der Waals surface area contributed by atoms with E-state index in [0.717, 1.165) is 0 Å². The fraction of sp³-hybridized carbons (Fsp3) is 0.571. The maximum atomic E-state index is 10.9. The average Bonchev–Trinajstić information content (AvgIpc) is 2.55. The zero-order chi connectivity index (χ0) is 10.6. The number of ether oxygens (including phenoxy) is 1. The second kappa shape index (κ2) is 4.85. The van der Waals surface area contributed by atoms with Gasteiger partial charge in [-0.05, 0) is 6.92 Å². The third-order valence-electron chi connectivity index (χ3n) is 1.61. The smallest absolute Gasteiger partial charge is 0.316 e. The summed E-state index contributed by atoms with van der Waals surface area (Å²) in [5, 5.41) is 8.18. The molecule has 0 aliphatic rings. The van der Waals surface area contributed by atoms with Crippen LogP contribution in [0.3, 0.4) is 0 Å². The quantitative estimate of drug-likeness (QED) is 0.569. The molecule has 0 amide bonds. The zero-order valence-electron chi connectivity index (χ0n) is 8.06. The average molecular weight is 216 g/mol. The van der Waals surface area contributed by atoms with Crippen LogP contribution in [-0.2, 0) is 16.1 Å². The molecule has 78 valence electrons. The minimum atomic E-state index is -0.292. The summed E-state index contributed by atoms with van der Waals surface area (Å²) in [6.07, 6.45) is 0. The van der Waals surface area contributed by atoms with Crippen LogP contribution >= 0.6 is 11.8 Å². The molecule has 14 heavy (non-hydrogen) atoms. The van der Waals surface area contributed by atoms with Crippen LogP contribution in [0.4, 0.5) is 5.95 Å². The number of methoxy groups -OCH3 is 1. The number of nitrogen functional groups attached to an aromatic ring is 1. The van der Waals surface area contributed by atoms with E-state index in [1.54, 1.807) is 4.57 Å². The topological polar surface area (TPSA) is 83.0 Å². The standard InChI is InChI=1S/C7H12N4O2S/c1-3-11-6(8)9-10-7(11)14-4-5(12)13-2/h3-4H2,1-2H3,(H2,8,9). The van der Waals surface area contributed by atoms with Crippen LogP contribution in [-0.4, -0.2) is 33.6 Å². The Kier molecular flexibility index (Phi) is 3.75. The largest absolute Gasteiger partial charge is 0.468 e. The molecule has 0 aromatic carbocycles. The van der Waals surface area contributed by atoms with E-state index in [0.29, 0.717) is 17.6 Å². The van der Waals surface area contributed by atoms with Gasteiger partial charge in [-0.2, -0.15) is 0 Å². The molecule has 1 heterocycles. The van der Waals surface area contributed by atoms with Gasteiger partial charge in [0.2, 0.25) is 5.95 Å². The molecular formula is C7H12N4O2S. The summed E-state index contributed by atoms with van der Waals surface area (Å²) in [4.78, 5) is 10.9. The van der Waals surface area contributed by atoms with Crippen LogP contribution in [0.15, 0.2) is 5.16 Å². The molecule has 6 nitrogen and oxygen atoms in total. The fourth-order valence-corrected chi connectivity index (χ4v) is 1.73. The number of anilines is 1. The van der Waals surface area contributed by atoms with E-state index < -0.39 is 0 Å². The molecule has 0 spiro atoms. The number of carbonyl (C=O) groups excluding carboxylic acids is 1. The molecule has 1 aromatic rings. The van der Waals surface area contributed by atoms with Gasteiger partial charge in [0.1, 0.15) is 0 Å². The zero-order valence-corrected chi connectivity index (χ0v) is 8.87. The molecular weight excluding hydrogens is 204 g/mol. The van der Waals surface area contributed by atoms with Crippen molar-refractivity contribution < 1.29 is 9.53 Å². The second-order valence-electron chi connectivity index (χ2n) is 2.45. The van der Waals surface area contributed by atoms with Crippen LogP contribution in [0, 0.1) is 0 Å². The number of hydrogen-bond donors (Lipinski definition) is 1. The summed E-state index contributed by atoms with van der Waals surface area (Å²) in [5.41, 5.74) is 5.55. The lowest BCUT2D eigenvalue weighted by atomic mass is 10.7. The van der Waals surface area contributed by atoms with Crippen molar-refractivity contribution in [2.24, 2.45) is 0 Å². The van der Waals surface area contributed by atoms with Crippen molar-refractivity contribution in [3.05, 3.63) is 0 Å². The van der Waals surface area contributed by atoms with Gasteiger partial charge in [0, 0.05) is 6.54 Å². The number of carbonyl (C=O) groups is 1. The summed E-state index contributed by atoms with van der Waals surface area (Å²) in [5.74, 6) is 0.286. The first-order valence-corrected chi connectivity index (χ1v) is 5.05. The summed E-state index contributed by atoms with van der Waals surface area (Å²) < 4.78 is 6.23. The molecule has 0 aliphatic carbocycles. The van der Waals surface area contributed by atoms with Gasteiger partial charge >= 0.3 is 5.97 Å². The third kappa shape index (κ3) is 2.38. The number of esters is 1. The third-order valence-corrected chi connectivity index (χ3v) is 2.55. The molecule has 1 rings (SSSR count). The molecule has 0 aliphatic heterocycles. The maximum absolute atomic E-state index is 10.9.